The lowest BCUT2D eigenvalue weighted by atomic mass is 10.2. The Balaban J connectivity index is 2.81. The highest BCUT2D eigenvalue weighted by Crippen LogP contribution is 2.15. The van der Waals surface area contributed by atoms with Gasteiger partial charge in [-0.3, -0.25) is 9.59 Å². The molecule has 2 N–H and O–H groups in total. The lowest BCUT2D eigenvalue weighted by Crippen LogP contribution is -2.38. The van der Waals surface area contributed by atoms with Crippen LogP contribution < -0.4 is 5.32 Å². The molecule has 4 nitrogen and oxygen atoms in total. The van der Waals surface area contributed by atoms with Crippen LogP contribution in [-0.2, 0) is 4.79 Å². The minimum Gasteiger partial charge on any atom is -0.480 e. The highest BCUT2D eigenvalue weighted by Gasteiger charge is 2.15. The van der Waals surface area contributed by atoms with Gasteiger partial charge in [0.25, 0.3) is 5.91 Å². The Morgan fingerprint density at radius 3 is 2.62 bits per heavy atom. The lowest BCUT2D eigenvalue weighted by Gasteiger charge is -2.09. The number of hydrogen-bond acceptors (Lipinski definition) is 2. The van der Waals surface area contributed by atoms with Crippen molar-refractivity contribution in [1.29, 1.82) is 0 Å². The first-order valence-electron chi connectivity index (χ1n) is 4.40. The zero-order valence-corrected chi connectivity index (χ0v) is 9.08. The minimum atomic E-state index is -1.15. The molecule has 0 fully saturated rings. The van der Waals surface area contributed by atoms with Crippen LogP contribution in [0, 0.1) is 5.82 Å². The molecule has 1 aromatic rings. The molecular formula is C10H9ClFNO3. The molecule has 0 aliphatic carbocycles. The van der Waals surface area contributed by atoms with Gasteiger partial charge in [-0.1, -0.05) is 11.6 Å². The molecule has 0 saturated heterocycles. The van der Waals surface area contributed by atoms with E-state index in [-0.39, 0.29) is 10.6 Å². The fourth-order valence-electron chi connectivity index (χ4n) is 0.979. The summed E-state index contributed by atoms with van der Waals surface area (Å²) in [6.07, 6.45) is 0. The number of amides is 1. The van der Waals surface area contributed by atoms with E-state index in [1.807, 2.05) is 0 Å². The van der Waals surface area contributed by atoms with Crippen molar-refractivity contribution in [3.05, 3.63) is 34.6 Å². The summed E-state index contributed by atoms with van der Waals surface area (Å²) in [5.41, 5.74) is 0.111. The molecule has 1 atom stereocenters. The average Bonchev–Trinajstić information content (AvgIpc) is 2.21. The van der Waals surface area contributed by atoms with E-state index >= 15 is 0 Å². The van der Waals surface area contributed by atoms with Crippen molar-refractivity contribution < 1.29 is 19.1 Å². The van der Waals surface area contributed by atoms with Gasteiger partial charge in [0.15, 0.2) is 0 Å². The number of carboxylic acid groups (broad SMARTS) is 1. The molecule has 0 heterocycles. The van der Waals surface area contributed by atoms with E-state index in [2.05, 4.69) is 5.32 Å². The molecule has 1 aromatic carbocycles. The van der Waals surface area contributed by atoms with Crippen molar-refractivity contribution in [2.75, 3.05) is 0 Å². The second kappa shape index (κ2) is 4.94. The van der Waals surface area contributed by atoms with Crippen molar-refractivity contribution in [3.63, 3.8) is 0 Å². The average molecular weight is 246 g/mol. The first-order valence-corrected chi connectivity index (χ1v) is 4.78. The van der Waals surface area contributed by atoms with Crippen molar-refractivity contribution >= 4 is 23.5 Å². The van der Waals surface area contributed by atoms with Gasteiger partial charge in [0.05, 0.1) is 5.02 Å². The summed E-state index contributed by atoms with van der Waals surface area (Å²) in [4.78, 5) is 22.0. The molecule has 1 amide bonds. The molecule has 6 heteroatoms. The van der Waals surface area contributed by atoms with Gasteiger partial charge in [0.1, 0.15) is 11.9 Å². The third-order valence-electron chi connectivity index (χ3n) is 1.90. The van der Waals surface area contributed by atoms with E-state index in [0.29, 0.717) is 0 Å². The standard InChI is InChI=1S/C10H9ClFNO3/c1-5(10(15)16)13-9(14)6-2-3-8(12)7(11)4-6/h2-5H,1H3,(H,13,14)(H,15,16). The molecule has 0 spiro atoms. The molecule has 0 aliphatic rings. The Kier molecular flexibility index (Phi) is 3.84. The third-order valence-corrected chi connectivity index (χ3v) is 2.19. The molecule has 0 aromatic heterocycles. The van der Waals surface area contributed by atoms with Crippen LogP contribution in [-0.4, -0.2) is 23.0 Å². The number of hydrogen-bond donors (Lipinski definition) is 2. The van der Waals surface area contributed by atoms with Crippen LogP contribution in [0.25, 0.3) is 0 Å². The summed E-state index contributed by atoms with van der Waals surface area (Å²) in [6, 6.07) is 2.39. The first kappa shape index (κ1) is 12.4. The molecular weight excluding hydrogens is 237 g/mol. The van der Waals surface area contributed by atoms with Gasteiger partial charge in [-0.15, -0.1) is 0 Å². The number of aliphatic carboxylic acids is 1. The van der Waals surface area contributed by atoms with Crippen LogP contribution in [0.15, 0.2) is 18.2 Å². The molecule has 1 rings (SSSR count). The minimum absolute atomic E-state index is 0.111. The van der Waals surface area contributed by atoms with Crippen LogP contribution >= 0.6 is 11.6 Å². The number of carbonyl (C=O) groups is 2. The number of carbonyl (C=O) groups excluding carboxylic acids is 1. The zero-order valence-electron chi connectivity index (χ0n) is 8.33. The fraction of sp³-hybridized carbons (Fsp3) is 0.200. The Morgan fingerprint density at radius 2 is 2.12 bits per heavy atom. The van der Waals surface area contributed by atoms with Crippen LogP contribution in [0.2, 0.25) is 5.02 Å². The maximum Gasteiger partial charge on any atom is 0.325 e. The van der Waals surface area contributed by atoms with E-state index in [9.17, 15) is 14.0 Å². The highest BCUT2D eigenvalue weighted by atomic mass is 35.5. The summed E-state index contributed by atoms with van der Waals surface area (Å²) in [7, 11) is 0. The Hall–Kier alpha value is -1.62. The van der Waals surface area contributed by atoms with E-state index < -0.39 is 23.7 Å². The van der Waals surface area contributed by atoms with E-state index in [4.69, 9.17) is 16.7 Å². The van der Waals surface area contributed by atoms with Crippen molar-refractivity contribution in [1.82, 2.24) is 5.32 Å². The molecule has 1 unspecified atom stereocenters. The smallest absolute Gasteiger partial charge is 0.325 e. The van der Waals surface area contributed by atoms with Gasteiger partial charge in [-0.2, -0.15) is 0 Å². The number of carboxylic acids is 1. The largest absolute Gasteiger partial charge is 0.480 e. The number of nitrogens with one attached hydrogen (secondary N) is 1. The summed E-state index contributed by atoms with van der Waals surface area (Å²) < 4.78 is 12.8. The van der Waals surface area contributed by atoms with Crippen LogP contribution in [0.5, 0.6) is 0 Å². The molecule has 86 valence electrons. The first-order chi connectivity index (χ1) is 7.41. The summed E-state index contributed by atoms with van der Waals surface area (Å²) in [5, 5.41) is 10.6. The van der Waals surface area contributed by atoms with Gasteiger partial charge in [0.2, 0.25) is 0 Å². The van der Waals surface area contributed by atoms with Gasteiger partial charge >= 0.3 is 5.97 Å². The molecule has 0 bridgehead atoms. The van der Waals surface area contributed by atoms with Gasteiger partial charge in [-0.25, -0.2) is 4.39 Å². The number of benzene rings is 1. The Morgan fingerprint density at radius 1 is 1.50 bits per heavy atom. The molecule has 0 saturated carbocycles. The van der Waals surface area contributed by atoms with E-state index in [1.54, 1.807) is 0 Å². The summed E-state index contributed by atoms with van der Waals surface area (Å²) >= 11 is 5.49. The van der Waals surface area contributed by atoms with E-state index in [0.717, 1.165) is 12.1 Å². The predicted octanol–water partition coefficient (Wildman–Crippen LogP) is 1.68. The quantitative estimate of drug-likeness (QED) is 0.852. The number of rotatable bonds is 3. The maximum absolute atomic E-state index is 12.8. The molecule has 0 aliphatic heterocycles. The van der Waals surface area contributed by atoms with Crippen molar-refractivity contribution in [3.8, 4) is 0 Å². The van der Waals surface area contributed by atoms with Gasteiger partial charge < -0.3 is 10.4 Å². The maximum atomic E-state index is 12.8. The van der Waals surface area contributed by atoms with Gasteiger partial charge in [-0.05, 0) is 25.1 Å². The van der Waals surface area contributed by atoms with E-state index in [1.165, 1.54) is 13.0 Å². The SMILES string of the molecule is CC(NC(=O)c1ccc(F)c(Cl)c1)C(=O)O. The second-order valence-electron chi connectivity index (χ2n) is 3.16. The zero-order chi connectivity index (χ0) is 12.3. The van der Waals surface area contributed by atoms with Crippen LogP contribution in [0.4, 0.5) is 4.39 Å². The molecule has 16 heavy (non-hydrogen) atoms. The molecule has 0 radical (unpaired) electrons. The summed E-state index contributed by atoms with van der Waals surface area (Å²) in [6.45, 7) is 1.32. The second-order valence-corrected chi connectivity index (χ2v) is 3.57. The third kappa shape index (κ3) is 2.93. The Labute approximate surface area is 96.0 Å². The monoisotopic (exact) mass is 245 g/mol. The lowest BCUT2D eigenvalue weighted by molar-refractivity contribution is -0.138. The fourth-order valence-corrected chi connectivity index (χ4v) is 1.16. The van der Waals surface area contributed by atoms with Gasteiger partial charge in [0, 0.05) is 5.56 Å². The predicted molar refractivity (Wildman–Crippen MR) is 56.0 cm³/mol. The topological polar surface area (TPSA) is 66.4 Å². The highest BCUT2D eigenvalue weighted by molar-refractivity contribution is 6.31. The van der Waals surface area contributed by atoms with Crippen LogP contribution in [0.3, 0.4) is 0 Å². The van der Waals surface area contributed by atoms with Crippen molar-refractivity contribution in [2.45, 2.75) is 13.0 Å². The van der Waals surface area contributed by atoms with Crippen LogP contribution in [0.1, 0.15) is 17.3 Å². The van der Waals surface area contributed by atoms with Crippen molar-refractivity contribution in [2.24, 2.45) is 0 Å². The Bertz CT molecular complexity index is 436. The summed E-state index contributed by atoms with van der Waals surface area (Å²) in [5.74, 6) is -2.40. The number of halogens is 2. The normalized spacial score (nSPS) is 11.9.